The molecular formula is C25H28FN5O3. The van der Waals surface area contributed by atoms with Gasteiger partial charge in [0.15, 0.2) is 5.82 Å². The van der Waals surface area contributed by atoms with Crippen molar-refractivity contribution >= 4 is 10.9 Å². The zero-order valence-electron chi connectivity index (χ0n) is 19.2. The first kappa shape index (κ1) is 23.7. The Balaban J connectivity index is 1.84. The minimum Gasteiger partial charge on any atom is -0.490 e. The molecule has 3 heterocycles. The quantitative estimate of drug-likeness (QED) is 0.343. The van der Waals surface area contributed by atoms with Crippen LogP contribution in [-0.4, -0.2) is 51.4 Å². The van der Waals surface area contributed by atoms with Crippen LogP contribution in [0.15, 0.2) is 54.7 Å². The fraction of sp³-hybridized carbons (Fsp3) is 0.320. The molecule has 178 valence electrons. The molecule has 0 spiro atoms. The predicted octanol–water partition coefficient (Wildman–Crippen LogP) is 3.75. The molecule has 0 bridgehead atoms. The predicted molar refractivity (Wildman–Crippen MR) is 128 cm³/mol. The summed E-state index contributed by atoms with van der Waals surface area (Å²) in [4.78, 5) is 9.12. The third kappa shape index (κ3) is 4.91. The number of methoxy groups -OCH3 is 1. The van der Waals surface area contributed by atoms with Gasteiger partial charge in [0, 0.05) is 12.7 Å². The largest absolute Gasteiger partial charge is 0.490 e. The Labute approximate surface area is 197 Å². The Morgan fingerprint density at radius 1 is 1.12 bits per heavy atom. The first-order valence-corrected chi connectivity index (χ1v) is 11.1. The standard InChI is InChI=1S/C25H28FN5O3/c1-3-19(26)25(27)21-8-5-7-20(30-21)16-12-22-18(23(13-16)34-11-10-33-2)14-28-31(22)24-9-4-6-17(15-32)29-24/h4-9,12-14,19,25,32H,3,10-11,15,27H2,1-2H3/t19-,25+/m1/s1. The van der Waals surface area contributed by atoms with E-state index in [0.717, 1.165) is 16.5 Å². The Morgan fingerprint density at radius 3 is 2.71 bits per heavy atom. The number of aliphatic hydroxyl groups excluding tert-OH is 1. The van der Waals surface area contributed by atoms with Crippen LogP contribution in [0.25, 0.3) is 28.0 Å². The van der Waals surface area contributed by atoms with Gasteiger partial charge >= 0.3 is 0 Å². The molecule has 9 heteroatoms. The zero-order chi connectivity index (χ0) is 24.1. The van der Waals surface area contributed by atoms with E-state index in [1.165, 1.54) is 0 Å². The third-order valence-corrected chi connectivity index (χ3v) is 5.55. The van der Waals surface area contributed by atoms with Gasteiger partial charge in [0.2, 0.25) is 0 Å². The van der Waals surface area contributed by atoms with Crippen LogP contribution in [0.2, 0.25) is 0 Å². The van der Waals surface area contributed by atoms with Crippen molar-refractivity contribution in [2.24, 2.45) is 5.73 Å². The van der Waals surface area contributed by atoms with Gasteiger partial charge in [0.25, 0.3) is 0 Å². The number of hydrogen-bond acceptors (Lipinski definition) is 7. The lowest BCUT2D eigenvalue weighted by Gasteiger charge is -2.16. The number of nitrogens with zero attached hydrogens (tertiary/aromatic N) is 4. The molecule has 0 saturated heterocycles. The maximum absolute atomic E-state index is 14.2. The fourth-order valence-electron chi connectivity index (χ4n) is 3.69. The first-order chi connectivity index (χ1) is 16.5. The van der Waals surface area contributed by atoms with Crippen molar-refractivity contribution in [3.63, 3.8) is 0 Å². The normalized spacial score (nSPS) is 13.2. The van der Waals surface area contributed by atoms with E-state index in [9.17, 15) is 9.50 Å². The van der Waals surface area contributed by atoms with Gasteiger partial charge < -0.3 is 20.3 Å². The molecule has 4 rings (SSSR count). The molecule has 0 amide bonds. The van der Waals surface area contributed by atoms with E-state index in [4.69, 9.17) is 15.2 Å². The Hall–Kier alpha value is -3.40. The van der Waals surface area contributed by atoms with Crippen LogP contribution in [0.1, 0.15) is 30.8 Å². The molecule has 3 N–H and O–H groups in total. The molecule has 4 aromatic rings. The van der Waals surface area contributed by atoms with Crippen molar-refractivity contribution in [1.29, 1.82) is 0 Å². The van der Waals surface area contributed by atoms with Crippen LogP contribution >= 0.6 is 0 Å². The zero-order valence-corrected chi connectivity index (χ0v) is 19.2. The summed E-state index contributed by atoms with van der Waals surface area (Å²) in [6, 6.07) is 13.8. The van der Waals surface area contributed by atoms with Crippen LogP contribution in [0, 0.1) is 0 Å². The second-order valence-corrected chi connectivity index (χ2v) is 7.85. The second kappa shape index (κ2) is 10.7. The van der Waals surface area contributed by atoms with E-state index in [0.29, 0.717) is 48.3 Å². The van der Waals surface area contributed by atoms with E-state index in [-0.39, 0.29) is 6.61 Å². The Kier molecular flexibility index (Phi) is 7.46. The van der Waals surface area contributed by atoms with Crippen molar-refractivity contribution in [3.8, 4) is 22.8 Å². The van der Waals surface area contributed by atoms with E-state index in [2.05, 4.69) is 15.1 Å². The summed E-state index contributed by atoms with van der Waals surface area (Å²) in [5, 5.41) is 14.8. The van der Waals surface area contributed by atoms with E-state index < -0.39 is 12.2 Å². The molecular weight excluding hydrogens is 437 g/mol. The van der Waals surface area contributed by atoms with Crippen LogP contribution in [0.3, 0.4) is 0 Å². The average molecular weight is 466 g/mol. The van der Waals surface area contributed by atoms with Crippen molar-refractivity contribution in [3.05, 3.63) is 66.1 Å². The first-order valence-electron chi connectivity index (χ1n) is 11.1. The average Bonchev–Trinajstić information content (AvgIpc) is 3.32. The molecule has 8 nitrogen and oxygen atoms in total. The Bertz CT molecular complexity index is 1260. The monoisotopic (exact) mass is 465 g/mol. The number of fused-ring (bicyclic) bond motifs is 1. The van der Waals surface area contributed by atoms with Gasteiger partial charge in [-0.2, -0.15) is 5.10 Å². The summed E-state index contributed by atoms with van der Waals surface area (Å²) < 4.78 is 27.0. The van der Waals surface area contributed by atoms with Crippen LogP contribution in [0.4, 0.5) is 4.39 Å². The molecule has 0 saturated carbocycles. The molecule has 0 aliphatic carbocycles. The lowest BCUT2D eigenvalue weighted by Crippen LogP contribution is -2.23. The number of nitrogens with two attached hydrogens (primary N) is 1. The van der Waals surface area contributed by atoms with Gasteiger partial charge in [0.1, 0.15) is 18.5 Å². The maximum Gasteiger partial charge on any atom is 0.154 e. The molecule has 0 radical (unpaired) electrons. The smallest absolute Gasteiger partial charge is 0.154 e. The SMILES string of the molecule is CC[C@@H](F)[C@H](N)c1cccc(-c2cc(OCCOC)c3cnn(-c4cccc(CO)n4)c3c2)n1. The van der Waals surface area contributed by atoms with Crippen molar-refractivity contribution in [2.75, 3.05) is 20.3 Å². The summed E-state index contributed by atoms with van der Waals surface area (Å²) in [6.45, 7) is 2.37. The molecule has 3 aromatic heterocycles. The maximum atomic E-state index is 14.2. The van der Waals surface area contributed by atoms with E-state index >= 15 is 0 Å². The highest BCUT2D eigenvalue weighted by molar-refractivity contribution is 5.90. The number of rotatable bonds is 10. The van der Waals surface area contributed by atoms with E-state index in [1.807, 2.05) is 36.4 Å². The molecule has 1 aromatic carbocycles. The van der Waals surface area contributed by atoms with Crippen molar-refractivity contribution in [1.82, 2.24) is 19.7 Å². The summed E-state index contributed by atoms with van der Waals surface area (Å²) in [6.07, 6.45) is 0.850. The number of pyridine rings is 2. The molecule has 0 fully saturated rings. The number of aromatic nitrogens is 4. The van der Waals surface area contributed by atoms with Gasteiger partial charge in [-0.15, -0.1) is 0 Å². The van der Waals surface area contributed by atoms with Gasteiger partial charge in [-0.1, -0.05) is 19.1 Å². The summed E-state index contributed by atoms with van der Waals surface area (Å²) in [5.74, 6) is 1.18. The fourth-order valence-corrected chi connectivity index (χ4v) is 3.69. The highest BCUT2D eigenvalue weighted by Crippen LogP contribution is 2.33. The van der Waals surface area contributed by atoms with Crippen LogP contribution in [-0.2, 0) is 11.3 Å². The van der Waals surface area contributed by atoms with Gasteiger partial charge in [0.05, 0.1) is 53.4 Å². The molecule has 2 atom stereocenters. The lowest BCUT2D eigenvalue weighted by molar-refractivity contribution is 0.147. The lowest BCUT2D eigenvalue weighted by atomic mass is 10.0. The number of ether oxygens (including phenoxy) is 2. The van der Waals surface area contributed by atoms with Crippen molar-refractivity contribution in [2.45, 2.75) is 32.2 Å². The van der Waals surface area contributed by atoms with Crippen molar-refractivity contribution < 1.29 is 19.0 Å². The van der Waals surface area contributed by atoms with Crippen LogP contribution in [0.5, 0.6) is 5.75 Å². The number of alkyl halides is 1. The van der Waals surface area contributed by atoms with Gasteiger partial charge in [-0.25, -0.2) is 14.1 Å². The molecule has 0 aliphatic rings. The van der Waals surface area contributed by atoms with E-state index in [1.54, 1.807) is 37.0 Å². The summed E-state index contributed by atoms with van der Waals surface area (Å²) >= 11 is 0. The summed E-state index contributed by atoms with van der Waals surface area (Å²) in [5.41, 5.74) is 9.27. The number of aliphatic hydroxyl groups is 1. The van der Waals surface area contributed by atoms with Gasteiger partial charge in [-0.3, -0.25) is 4.98 Å². The van der Waals surface area contributed by atoms with Crippen LogP contribution < -0.4 is 10.5 Å². The minimum atomic E-state index is -1.18. The topological polar surface area (TPSA) is 108 Å². The number of hydrogen-bond donors (Lipinski definition) is 2. The Morgan fingerprint density at radius 2 is 1.94 bits per heavy atom. The second-order valence-electron chi connectivity index (χ2n) is 7.85. The molecule has 34 heavy (non-hydrogen) atoms. The number of benzene rings is 1. The summed E-state index contributed by atoms with van der Waals surface area (Å²) in [7, 11) is 1.61. The molecule has 0 unspecified atom stereocenters. The highest BCUT2D eigenvalue weighted by atomic mass is 19.1. The molecule has 0 aliphatic heterocycles. The minimum absolute atomic E-state index is 0.173. The highest BCUT2D eigenvalue weighted by Gasteiger charge is 2.20. The van der Waals surface area contributed by atoms with Gasteiger partial charge in [-0.05, 0) is 42.8 Å². The third-order valence-electron chi connectivity index (χ3n) is 5.55. The number of halogens is 1.